The van der Waals surface area contributed by atoms with Gasteiger partial charge in [-0.1, -0.05) is 25.1 Å². The van der Waals surface area contributed by atoms with Crippen LogP contribution >= 0.6 is 0 Å². The Bertz CT molecular complexity index is 362. The predicted octanol–water partition coefficient (Wildman–Crippen LogP) is 3.03. The second kappa shape index (κ2) is 5.54. The Morgan fingerprint density at radius 2 is 2.06 bits per heavy atom. The van der Waals surface area contributed by atoms with E-state index in [4.69, 9.17) is 4.74 Å². The van der Waals surface area contributed by atoms with E-state index in [-0.39, 0.29) is 6.10 Å². The SMILES string of the molecule is COc1ccccc1CC1CC(C)CCC1O. The zero-order valence-electron chi connectivity index (χ0n) is 10.7. The van der Waals surface area contributed by atoms with Crippen LogP contribution in [0.5, 0.6) is 5.75 Å². The van der Waals surface area contributed by atoms with Gasteiger partial charge in [0.05, 0.1) is 13.2 Å². The molecule has 0 spiro atoms. The van der Waals surface area contributed by atoms with E-state index in [9.17, 15) is 5.11 Å². The highest BCUT2D eigenvalue weighted by molar-refractivity contribution is 5.33. The lowest BCUT2D eigenvalue weighted by atomic mass is 9.77. The maximum absolute atomic E-state index is 10.1. The molecule has 1 saturated carbocycles. The molecule has 0 bridgehead atoms. The van der Waals surface area contributed by atoms with E-state index in [2.05, 4.69) is 13.0 Å². The van der Waals surface area contributed by atoms with Gasteiger partial charge in [-0.05, 0) is 49.1 Å². The molecule has 1 fully saturated rings. The summed E-state index contributed by atoms with van der Waals surface area (Å²) in [4.78, 5) is 0. The molecule has 1 aliphatic rings. The highest BCUT2D eigenvalue weighted by Gasteiger charge is 2.27. The fourth-order valence-corrected chi connectivity index (χ4v) is 2.86. The van der Waals surface area contributed by atoms with Gasteiger partial charge in [0.1, 0.15) is 5.75 Å². The first-order valence-electron chi connectivity index (χ1n) is 6.50. The van der Waals surface area contributed by atoms with Crippen LogP contribution < -0.4 is 4.74 Å². The second-order valence-electron chi connectivity index (χ2n) is 5.26. The molecule has 2 nitrogen and oxygen atoms in total. The number of hydrogen-bond donors (Lipinski definition) is 1. The summed E-state index contributed by atoms with van der Waals surface area (Å²) in [6, 6.07) is 8.12. The minimum absolute atomic E-state index is 0.142. The predicted molar refractivity (Wildman–Crippen MR) is 69.2 cm³/mol. The monoisotopic (exact) mass is 234 g/mol. The number of para-hydroxylation sites is 1. The number of aliphatic hydroxyl groups excluding tert-OH is 1. The quantitative estimate of drug-likeness (QED) is 0.871. The third-order valence-electron chi connectivity index (χ3n) is 3.88. The van der Waals surface area contributed by atoms with Gasteiger partial charge < -0.3 is 9.84 Å². The Labute approximate surface area is 104 Å². The molecular weight excluding hydrogens is 212 g/mol. The van der Waals surface area contributed by atoms with Gasteiger partial charge in [0, 0.05) is 0 Å². The topological polar surface area (TPSA) is 29.5 Å². The van der Waals surface area contributed by atoms with E-state index in [1.54, 1.807) is 7.11 Å². The van der Waals surface area contributed by atoms with Crippen molar-refractivity contribution in [2.45, 2.75) is 38.7 Å². The molecule has 0 amide bonds. The zero-order valence-corrected chi connectivity index (χ0v) is 10.7. The van der Waals surface area contributed by atoms with Crippen molar-refractivity contribution >= 4 is 0 Å². The third kappa shape index (κ3) is 3.01. The average Bonchev–Trinajstić information content (AvgIpc) is 2.34. The first-order chi connectivity index (χ1) is 8.20. The standard InChI is InChI=1S/C15H22O2/c1-11-7-8-14(16)13(9-11)10-12-5-3-4-6-15(12)17-2/h3-6,11,13-14,16H,7-10H2,1-2H3. The maximum atomic E-state index is 10.1. The number of ether oxygens (including phenoxy) is 1. The van der Waals surface area contributed by atoms with Crippen molar-refractivity contribution in [3.63, 3.8) is 0 Å². The van der Waals surface area contributed by atoms with Gasteiger partial charge in [0.15, 0.2) is 0 Å². The summed E-state index contributed by atoms with van der Waals surface area (Å²) in [7, 11) is 1.71. The van der Waals surface area contributed by atoms with E-state index >= 15 is 0 Å². The molecule has 0 aliphatic heterocycles. The molecule has 1 aliphatic carbocycles. The molecule has 2 heteroatoms. The maximum Gasteiger partial charge on any atom is 0.122 e. The van der Waals surface area contributed by atoms with Crippen molar-refractivity contribution in [1.29, 1.82) is 0 Å². The summed E-state index contributed by atoms with van der Waals surface area (Å²) in [5.74, 6) is 2.06. The van der Waals surface area contributed by atoms with Crippen molar-refractivity contribution in [2.75, 3.05) is 7.11 Å². The van der Waals surface area contributed by atoms with E-state index < -0.39 is 0 Å². The fourth-order valence-electron chi connectivity index (χ4n) is 2.86. The number of hydrogen-bond acceptors (Lipinski definition) is 2. The molecule has 3 atom stereocenters. The lowest BCUT2D eigenvalue weighted by Gasteiger charge is -2.32. The Morgan fingerprint density at radius 1 is 1.29 bits per heavy atom. The summed E-state index contributed by atoms with van der Waals surface area (Å²) >= 11 is 0. The lowest BCUT2D eigenvalue weighted by Crippen LogP contribution is -2.29. The molecule has 2 rings (SSSR count). The van der Waals surface area contributed by atoms with Gasteiger partial charge in [0.2, 0.25) is 0 Å². The molecule has 0 aromatic heterocycles. The number of aliphatic hydroxyl groups is 1. The van der Waals surface area contributed by atoms with Crippen molar-refractivity contribution in [2.24, 2.45) is 11.8 Å². The molecule has 0 saturated heterocycles. The van der Waals surface area contributed by atoms with Gasteiger partial charge in [-0.15, -0.1) is 0 Å². The minimum atomic E-state index is -0.142. The van der Waals surface area contributed by atoms with E-state index in [1.165, 1.54) is 5.56 Å². The molecule has 1 N–H and O–H groups in total. The lowest BCUT2D eigenvalue weighted by molar-refractivity contribution is 0.0517. The Morgan fingerprint density at radius 3 is 2.82 bits per heavy atom. The Hall–Kier alpha value is -1.02. The van der Waals surface area contributed by atoms with Gasteiger partial charge >= 0.3 is 0 Å². The van der Waals surface area contributed by atoms with Crippen LogP contribution in [0.4, 0.5) is 0 Å². The van der Waals surface area contributed by atoms with E-state index in [1.807, 2.05) is 18.2 Å². The summed E-state index contributed by atoms with van der Waals surface area (Å²) in [5.41, 5.74) is 1.22. The summed E-state index contributed by atoms with van der Waals surface area (Å²) in [5, 5.41) is 10.1. The van der Waals surface area contributed by atoms with Crippen LogP contribution in [0.3, 0.4) is 0 Å². The normalized spacial score (nSPS) is 29.0. The van der Waals surface area contributed by atoms with Crippen molar-refractivity contribution in [1.82, 2.24) is 0 Å². The number of methoxy groups -OCH3 is 1. The second-order valence-corrected chi connectivity index (χ2v) is 5.26. The van der Waals surface area contributed by atoms with Crippen LogP contribution in [0.2, 0.25) is 0 Å². The van der Waals surface area contributed by atoms with Crippen LogP contribution in [0.15, 0.2) is 24.3 Å². The van der Waals surface area contributed by atoms with Gasteiger partial charge in [-0.25, -0.2) is 0 Å². The number of benzene rings is 1. The van der Waals surface area contributed by atoms with Crippen molar-refractivity contribution in [3.8, 4) is 5.75 Å². The summed E-state index contributed by atoms with van der Waals surface area (Å²) in [6.45, 7) is 2.28. The Balaban J connectivity index is 2.08. The molecule has 0 radical (unpaired) electrons. The molecule has 1 aromatic carbocycles. The van der Waals surface area contributed by atoms with Crippen LogP contribution in [-0.2, 0) is 6.42 Å². The van der Waals surface area contributed by atoms with Crippen LogP contribution in [0, 0.1) is 11.8 Å². The molecular formula is C15H22O2. The van der Waals surface area contributed by atoms with E-state index in [0.29, 0.717) is 5.92 Å². The van der Waals surface area contributed by atoms with Crippen molar-refractivity contribution in [3.05, 3.63) is 29.8 Å². The average molecular weight is 234 g/mol. The molecule has 94 valence electrons. The highest BCUT2D eigenvalue weighted by atomic mass is 16.5. The minimum Gasteiger partial charge on any atom is -0.496 e. The first kappa shape index (κ1) is 12.4. The summed E-state index contributed by atoms with van der Waals surface area (Å²) < 4.78 is 5.37. The fraction of sp³-hybridized carbons (Fsp3) is 0.600. The smallest absolute Gasteiger partial charge is 0.122 e. The summed E-state index contributed by atoms with van der Waals surface area (Å²) in [6.07, 6.45) is 4.01. The van der Waals surface area contributed by atoms with Crippen LogP contribution in [-0.4, -0.2) is 18.3 Å². The highest BCUT2D eigenvalue weighted by Crippen LogP contribution is 2.33. The zero-order chi connectivity index (χ0) is 12.3. The van der Waals surface area contributed by atoms with Crippen molar-refractivity contribution < 1.29 is 9.84 Å². The molecule has 3 unspecified atom stereocenters. The van der Waals surface area contributed by atoms with Gasteiger partial charge in [0.25, 0.3) is 0 Å². The number of rotatable bonds is 3. The van der Waals surface area contributed by atoms with Crippen LogP contribution in [0.1, 0.15) is 31.7 Å². The molecule has 17 heavy (non-hydrogen) atoms. The molecule has 1 aromatic rings. The molecule has 0 heterocycles. The Kier molecular flexibility index (Phi) is 4.06. The van der Waals surface area contributed by atoms with Gasteiger partial charge in [-0.2, -0.15) is 0 Å². The third-order valence-corrected chi connectivity index (χ3v) is 3.88. The first-order valence-corrected chi connectivity index (χ1v) is 6.50. The van der Waals surface area contributed by atoms with E-state index in [0.717, 1.165) is 37.4 Å². The van der Waals surface area contributed by atoms with Gasteiger partial charge in [-0.3, -0.25) is 0 Å². The largest absolute Gasteiger partial charge is 0.496 e. The van der Waals surface area contributed by atoms with Crippen LogP contribution in [0.25, 0.3) is 0 Å².